The maximum absolute atomic E-state index is 14.0. The van der Waals surface area contributed by atoms with E-state index in [1.165, 1.54) is 6.07 Å². The zero-order chi connectivity index (χ0) is 27.2. The number of halogens is 2. The minimum absolute atomic E-state index is 0.206. The van der Waals surface area contributed by atoms with Crippen molar-refractivity contribution in [2.45, 2.75) is 45.1 Å². The summed E-state index contributed by atoms with van der Waals surface area (Å²) in [5.74, 6) is -4.33. The molecule has 0 radical (unpaired) electrons. The average molecular weight is 518 g/mol. The van der Waals surface area contributed by atoms with E-state index in [2.05, 4.69) is 10.2 Å². The Morgan fingerprint density at radius 2 is 1.86 bits per heavy atom. The van der Waals surface area contributed by atoms with Gasteiger partial charge in [0.1, 0.15) is 17.0 Å². The fourth-order valence-electron chi connectivity index (χ4n) is 3.25. The minimum atomic E-state index is -3.47. The number of aromatic nitrogens is 4. The largest absolute Gasteiger partial charge is 0.459 e. The van der Waals surface area contributed by atoms with Gasteiger partial charge in [-0.3, -0.25) is 14.3 Å². The van der Waals surface area contributed by atoms with E-state index in [9.17, 15) is 23.2 Å². The van der Waals surface area contributed by atoms with Crippen LogP contribution >= 0.6 is 0 Å². The number of alkyl carbamates (subject to hydrolysis) is 1. The normalized spacial score (nSPS) is 11.7. The monoisotopic (exact) mass is 517 g/mol. The maximum Gasteiger partial charge on any atom is 0.407 e. The van der Waals surface area contributed by atoms with Crippen molar-refractivity contribution in [3.05, 3.63) is 76.0 Å². The van der Waals surface area contributed by atoms with Gasteiger partial charge >= 0.3 is 12.1 Å². The van der Waals surface area contributed by atoms with Crippen LogP contribution in [0.2, 0.25) is 0 Å². The summed E-state index contributed by atoms with van der Waals surface area (Å²) in [5.41, 5.74) is 1.16. The second-order valence-corrected chi connectivity index (χ2v) is 9.49. The van der Waals surface area contributed by atoms with Crippen LogP contribution in [0.15, 0.2) is 53.7 Å². The lowest BCUT2D eigenvalue weighted by Gasteiger charge is -2.21. The first-order chi connectivity index (χ1) is 17.3. The van der Waals surface area contributed by atoms with E-state index in [1.54, 1.807) is 80.0 Å². The number of nitrogens with one attached hydrogen (secondary N) is 1. The number of nitrogens with zero attached hydrogens (tertiary/aromatic N) is 4. The molecule has 0 spiro atoms. The standard InChI is InChI=1S/C25H29F2N5O5/c1-24(2,3)37-23(35)28-15-25(26,27)16-36-22(34)12-18-7-5-6-17(10-18)11-20-21(33)8-9-32(30-20)19-13-29-31(4)14-19/h5-10,13-14H,11-12,15-16H2,1-4H3,(H,28,35). The molecule has 0 saturated carbocycles. The highest BCUT2D eigenvalue weighted by Crippen LogP contribution is 2.15. The molecular weight excluding hydrogens is 488 g/mol. The van der Waals surface area contributed by atoms with Crippen molar-refractivity contribution in [1.29, 1.82) is 0 Å². The molecule has 0 unspecified atom stereocenters. The molecule has 12 heteroatoms. The number of carbonyl (C=O) groups is 2. The van der Waals surface area contributed by atoms with Crippen molar-refractivity contribution in [2.75, 3.05) is 13.2 Å². The molecule has 10 nitrogen and oxygen atoms in total. The molecule has 0 atom stereocenters. The predicted molar refractivity (Wildman–Crippen MR) is 130 cm³/mol. The summed E-state index contributed by atoms with van der Waals surface area (Å²) in [6, 6.07) is 8.22. The fraction of sp³-hybridized carbons (Fsp3) is 0.400. The molecule has 0 bridgehead atoms. The molecule has 1 amide bonds. The van der Waals surface area contributed by atoms with Crippen LogP contribution in [0.3, 0.4) is 0 Å². The van der Waals surface area contributed by atoms with E-state index in [1.807, 2.05) is 5.32 Å². The molecule has 2 aromatic heterocycles. The molecule has 0 aliphatic rings. The Morgan fingerprint density at radius 3 is 2.54 bits per heavy atom. The van der Waals surface area contributed by atoms with E-state index < -0.39 is 36.7 Å². The third-order valence-electron chi connectivity index (χ3n) is 4.88. The summed E-state index contributed by atoms with van der Waals surface area (Å²) in [6.45, 7) is 2.59. The Balaban J connectivity index is 1.56. The number of alkyl halides is 2. The second-order valence-electron chi connectivity index (χ2n) is 9.49. The number of amides is 1. The zero-order valence-electron chi connectivity index (χ0n) is 21.0. The molecule has 37 heavy (non-hydrogen) atoms. The van der Waals surface area contributed by atoms with Crippen LogP contribution in [-0.2, 0) is 34.2 Å². The smallest absolute Gasteiger partial charge is 0.407 e. The third kappa shape index (κ3) is 8.81. The van der Waals surface area contributed by atoms with Gasteiger partial charge in [-0.25, -0.2) is 18.3 Å². The summed E-state index contributed by atoms with van der Waals surface area (Å²) in [5, 5.41) is 10.4. The number of benzene rings is 1. The number of hydrogen-bond donors (Lipinski definition) is 1. The van der Waals surface area contributed by atoms with Gasteiger partial charge in [-0.15, -0.1) is 0 Å². The summed E-state index contributed by atoms with van der Waals surface area (Å²) in [4.78, 5) is 36.1. The summed E-state index contributed by atoms with van der Waals surface area (Å²) >= 11 is 0. The van der Waals surface area contributed by atoms with E-state index in [-0.39, 0.29) is 18.3 Å². The summed E-state index contributed by atoms with van der Waals surface area (Å²) < 4.78 is 40.9. The van der Waals surface area contributed by atoms with Gasteiger partial charge in [-0.05, 0) is 31.9 Å². The van der Waals surface area contributed by atoms with Gasteiger partial charge in [0.05, 0.1) is 25.4 Å². The first-order valence-electron chi connectivity index (χ1n) is 11.5. The lowest BCUT2D eigenvalue weighted by molar-refractivity contribution is -0.153. The van der Waals surface area contributed by atoms with Gasteiger partial charge in [0.15, 0.2) is 6.61 Å². The Kier molecular flexibility index (Phi) is 8.41. The average Bonchev–Trinajstić information content (AvgIpc) is 3.23. The fourth-order valence-corrected chi connectivity index (χ4v) is 3.25. The van der Waals surface area contributed by atoms with Crippen LogP contribution in [0.25, 0.3) is 5.69 Å². The Bertz CT molecular complexity index is 1310. The summed E-state index contributed by atoms with van der Waals surface area (Å²) in [7, 11) is 1.77. The lowest BCUT2D eigenvalue weighted by Crippen LogP contribution is -2.42. The number of aryl methyl sites for hydroxylation is 1. The van der Waals surface area contributed by atoms with E-state index in [4.69, 9.17) is 9.47 Å². The van der Waals surface area contributed by atoms with Crippen molar-refractivity contribution in [1.82, 2.24) is 24.9 Å². The van der Waals surface area contributed by atoms with Gasteiger partial charge in [0, 0.05) is 25.7 Å². The maximum atomic E-state index is 14.0. The first-order valence-corrected chi connectivity index (χ1v) is 11.5. The van der Waals surface area contributed by atoms with Gasteiger partial charge in [-0.2, -0.15) is 10.2 Å². The van der Waals surface area contributed by atoms with Crippen LogP contribution in [0.1, 0.15) is 37.6 Å². The van der Waals surface area contributed by atoms with Crippen molar-refractivity contribution in [3.8, 4) is 5.69 Å². The van der Waals surface area contributed by atoms with Crippen molar-refractivity contribution >= 4 is 12.1 Å². The molecule has 3 rings (SSSR count). The second kappa shape index (κ2) is 11.3. The molecule has 0 aliphatic carbocycles. The van der Waals surface area contributed by atoms with Gasteiger partial charge in [0.25, 0.3) is 5.92 Å². The topological polar surface area (TPSA) is 117 Å². The molecular formula is C25H29F2N5O5. The molecule has 198 valence electrons. The molecule has 3 aromatic rings. The molecule has 0 saturated heterocycles. The van der Waals surface area contributed by atoms with Gasteiger partial charge in [0.2, 0.25) is 5.43 Å². The molecule has 1 aromatic carbocycles. The van der Waals surface area contributed by atoms with E-state index in [0.29, 0.717) is 22.5 Å². The lowest BCUT2D eigenvalue weighted by atomic mass is 10.0. The van der Waals surface area contributed by atoms with Crippen LogP contribution in [0, 0.1) is 0 Å². The van der Waals surface area contributed by atoms with E-state index in [0.717, 1.165) is 0 Å². The third-order valence-corrected chi connectivity index (χ3v) is 4.88. The summed E-state index contributed by atoms with van der Waals surface area (Å²) in [6.07, 6.45) is 3.89. The number of rotatable bonds is 9. The van der Waals surface area contributed by atoms with Crippen molar-refractivity contribution in [2.24, 2.45) is 7.05 Å². The predicted octanol–water partition coefficient (Wildman–Crippen LogP) is 2.80. The van der Waals surface area contributed by atoms with Crippen LogP contribution in [0.4, 0.5) is 13.6 Å². The highest BCUT2D eigenvalue weighted by molar-refractivity contribution is 5.72. The Hall–Kier alpha value is -4.09. The van der Waals surface area contributed by atoms with Crippen LogP contribution < -0.4 is 10.7 Å². The zero-order valence-corrected chi connectivity index (χ0v) is 21.0. The number of carbonyl (C=O) groups excluding carboxylic acids is 2. The molecule has 0 fully saturated rings. The highest BCUT2D eigenvalue weighted by atomic mass is 19.3. The molecule has 2 heterocycles. The van der Waals surface area contributed by atoms with Crippen molar-refractivity contribution < 1.29 is 27.8 Å². The Morgan fingerprint density at radius 1 is 1.14 bits per heavy atom. The molecule has 0 aliphatic heterocycles. The highest BCUT2D eigenvalue weighted by Gasteiger charge is 2.32. The number of hydrogen-bond acceptors (Lipinski definition) is 7. The van der Waals surface area contributed by atoms with Crippen molar-refractivity contribution in [3.63, 3.8) is 0 Å². The SMILES string of the molecule is Cn1cc(-n2ccc(=O)c(Cc3cccc(CC(=O)OCC(F)(F)CNC(=O)OC(C)(C)C)c3)n2)cn1. The van der Waals surface area contributed by atoms with E-state index >= 15 is 0 Å². The van der Waals surface area contributed by atoms with Crippen LogP contribution in [0.5, 0.6) is 0 Å². The van der Waals surface area contributed by atoms with Gasteiger partial charge < -0.3 is 14.8 Å². The number of esters is 1. The number of ether oxygens (including phenoxy) is 2. The Labute approximate surface area is 212 Å². The van der Waals surface area contributed by atoms with Gasteiger partial charge in [-0.1, -0.05) is 24.3 Å². The first kappa shape index (κ1) is 27.5. The quantitative estimate of drug-likeness (QED) is 0.434. The van der Waals surface area contributed by atoms with Crippen LogP contribution in [-0.4, -0.2) is 56.3 Å². The molecule has 1 N–H and O–H groups in total. The minimum Gasteiger partial charge on any atom is -0.459 e.